The number of aromatic nitrogens is 4. The number of Topliss-reactive ketones (excluding diaryl/α,β-unsaturated/α-hetero) is 1. The van der Waals surface area contributed by atoms with E-state index in [-0.39, 0.29) is 25.1 Å². The lowest BCUT2D eigenvalue weighted by Gasteiger charge is -2.39. The van der Waals surface area contributed by atoms with Crippen molar-refractivity contribution in [2.24, 2.45) is 0 Å². The smallest absolute Gasteiger partial charge is 0.190 e. The molecule has 53 heavy (non-hydrogen) atoms. The lowest BCUT2D eigenvalue weighted by molar-refractivity contribution is -0.160. The lowest BCUT2D eigenvalue weighted by Crippen LogP contribution is -2.47. The first-order chi connectivity index (χ1) is 25.2. The minimum Gasteiger partial charge on any atom is -0.382 e. The van der Waals surface area contributed by atoms with Crippen LogP contribution in [0.4, 0.5) is 5.82 Å². The van der Waals surface area contributed by atoms with Crippen LogP contribution in [-0.4, -0.2) is 121 Å². The highest BCUT2D eigenvalue weighted by Gasteiger charge is 2.44. The van der Waals surface area contributed by atoms with Gasteiger partial charge in [-0.2, -0.15) is 9.61 Å². The maximum Gasteiger partial charge on any atom is 0.190 e. The molecule has 1 saturated carbocycles. The van der Waals surface area contributed by atoms with E-state index in [4.69, 9.17) is 38.5 Å². The van der Waals surface area contributed by atoms with Gasteiger partial charge >= 0.3 is 0 Å². The summed E-state index contributed by atoms with van der Waals surface area (Å²) in [5.41, 5.74) is 2.57. The number of fused-ring (bicyclic) bond motifs is 1. The number of ketones is 1. The van der Waals surface area contributed by atoms with Gasteiger partial charge in [0.25, 0.3) is 0 Å². The molecule has 0 spiro atoms. The Morgan fingerprint density at radius 3 is 2.15 bits per heavy atom. The Labute approximate surface area is 330 Å². The number of ether oxygens (including phenoxy) is 6. The van der Waals surface area contributed by atoms with Crippen LogP contribution in [0.5, 0.6) is 0 Å². The number of carbonyl (C=O) groups is 2. The van der Waals surface area contributed by atoms with Crippen molar-refractivity contribution in [2.45, 2.75) is 88.6 Å². The van der Waals surface area contributed by atoms with Crippen molar-refractivity contribution in [1.29, 1.82) is 0 Å². The number of hydrogen-bond acceptors (Lipinski definition) is 12. The number of rotatable bonds is 23. The van der Waals surface area contributed by atoms with Gasteiger partial charge in [-0.1, -0.05) is 45.3 Å². The molecular formula is C37H58IN5O8Si2. The highest BCUT2D eigenvalue weighted by Crippen LogP contribution is 2.43. The van der Waals surface area contributed by atoms with Gasteiger partial charge in [0, 0.05) is 66.8 Å². The van der Waals surface area contributed by atoms with Gasteiger partial charge in [0.1, 0.15) is 38.2 Å². The molecule has 1 fully saturated rings. The third kappa shape index (κ3) is 12.4. The summed E-state index contributed by atoms with van der Waals surface area (Å²) in [6.07, 6.45) is 6.60. The standard InChI is InChI=1S/C37H58IN5O8Si2/c1-46-15-16-51-37(32(45)24-50-27-47-2)13-11-28(12-14-37)34-33(38)36(42(25-48-17-19-52(3,4)5)26-49-18-20-53(6,7)8)43-35(41-34)31(22-40-43)29-9-10-30(23-44)39-21-29/h9-10,21-23,28H,11-20,24-27H2,1-8H3. The zero-order valence-corrected chi connectivity index (χ0v) is 36.9. The Kier molecular flexibility index (Phi) is 16.5. The Morgan fingerprint density at radius 1 is 0.943 bits per heavy atom. The predicted octanol–water partition coefficient (Wildman–Crippen LogP) is 6.89. The average Bonchev–Trinajstić information content (AvgIpc) is 3.54. The minimum absolute atomic E-state index is 0.0364. The fraction of sp³-hybridized carbons (Fsp3) is 0.649. The summed E-state index contributed by atoms with van der Waals surface area (Å²) in [7, 11) is 0.528. The van der Waals surface area contributed by atoms with E-state index in [1.165, 1.54) is 7.11 Å². The number of aldehydes is 1. The van der Waals surface area contributed by atoms with E-state index < -0.39 is 21.7 Å². The van der Waals surface area contributed by atoms with Gasteiger partial charge in [0.05, 0.1) is 28.7 Å². The van der Waals surface area contributed by atoms with Crippen molar-refractivity contribution in [3.8, 4) is 11.1 Å². The molecule has 0 unspecified atom stereocenters. The summed E-state index contributed by atoms with van der Waals surface area (Å²) in [5.74, 6) is 0.787. The van der Waals surface area contributed by atoms with Crippen LogP contribution in [0.25, 0.3) is 16.8 Å². The second-order valence-electron chi connectivity index (χ2n) is 16.0. The lowest BCUT2D eigenvalue weighted by atomic mass is 9.75. The van der Waals surface area contributed by atoms with E-state index in [2.05, 4.69) is 71.8 Å². The Morgan fingerprint density at radius 2 is 1.60 bits per heavy atom. The van der Waals surface area contributed by atoms with Crippen molar-refractivity contribution >= 4 is 62.3 Å². The van der Waals surface area contributed by atoms with Crippen molar-refractivity contribution in [1.82, 2.24) is 19.6 Å². The topological polar surface area (TPSA) is 136 Å². The molecule has 0 aliphatic heterocycles. The molecule has 0 aromatic carbocycles. The van der Waals surface area contributed by atoms with Crippen LogP contribution >= 0.6 is 22.6 Å². The third-order valence-corrected chi connectivity index (χ3v) is 13.8. The molecule has 0 saturated heterocycles. The molecule has 294 valence electrons. The Bertz CT molecular complexity index is 1600. The van der Waals surface area contributed by atoms with Gasteiger partial charge in [0.15, 0.2) is 23.5 Å². The van der Waals surface area contributed by atoms with Gasteiger partial charge in [-0.15, -0.1) is 0 Å². The van der Waals surface area contributed by atoms with Crippen LogP contribution in [0, 0.1) is 3.57 Å². The molecule has 1 aliphatic rings. The number of pyridine rings is 1. The zero-order valence-electron chi connectivity index (χ0n) is 32.7. The Balaban J connectivity index is 1.76. The van der Waals surface area contributed by atoms with Gasteiger partial charge in [0.2, 0.25) is 0 Å². The second-order valence-corrected chi connectivity index (χ2v) is 28.4. The molecule has 3 aromatic rings. The van der Waals surface area contributed by atoms with Crippen molar-refractivity contribution in [3.63, 3.8) is 0 Å². The summed E-state index contributed by atoms with van der Waals surface area (Å²) in [6.45, 7) is 16.7. The fourth-order valence-electron chi connectivity index (χ4n) is 6.15. The maximum atomic E-state index is 13.6. The number of carbonyl (C=O) groups excluding carboxylic acids is 2. The zero-order chi connectivity index (χ0) is 38.6. The molecule has 0 bridgehead atoms. The minimum atomic E-state index is -1.31. The van der Waals surface area contributed by atoms with Crippen LogP contribution in [0.15, 0.2) is 24.5 Å². The van der Waals surface area contributed by atoms with E-state index in [9.17, 15) is 9.59 Å². The fourth-order valence-corrected chi connectivity index (χ4v) is 8.80. The first-order valence-corrected chi connectivity index (χ1v) is 26.8. The summed E-state index contributed by atoms with van der Waals surface area (Å²) in [5, 5.41) is 4.88. The molecule has 13 nitrogen and oxygen atoms in total. The first kappa shape index (κ1) is 43.6. The monoisotopic (exact) mass is 883 g/mol. The molecule has 0 N–H and O–H groups in total. The Hall–Kier alpha value is -2.17. The van der Waals surface area contributed by atoms with Gasteiger partial charge in [-0.3, -0.25) is 14.6 Å². The largest absolute Gasteiger partial charge is 0.382 e. The molecule has 0 amide bonds. The van der Waals surface area contributed by atoms with E-state index >= 15 is 0 Å². The molecule has 3 heterocycles. The van der Waals surface area contributed by atoms with Gasteiger partial charge in [-0.25, -0.2) is 4.98 Å². The first-order valence-electron chi connectivity index (χ1n) is 18.3. The molecule has 3 aromatic heterocycles. The van der Waals surface area contributed by atoms with Crippen LogP contribution in [-0.2, 0) is 33.2 Å². The summed E-state index contributed by atoms with van der Waals surface area (Å²) in [4.78, 5) is 36.7. The van der Waals surface area contributed by atoms with Crippen LogP contribution in [0.2, 0.25) is 51.4 Å². The molecule has 16 heteroatoms. The molecule has 0 atom stereocenters. The van der Waals surface area contributed by atoms with E-state index in [1.54, 1.807) is 25.6 Å². The SMILES string of the molecule is COCCOC1(C(=O)COCOC)CCC(c2nc3c(-c4ccc(C=O)nc4)cnn3c(N(COCC[Si](C)(C)C)COCC[Si](C)(C)C)c2I)CC1. The second kappa shape index (κ2) is 20.1. The quantitative estimate of drug-likeness (QED) is 0.0323. The summed E-state index contributed by atoms with van der Waals surface area (Å²) in [6, 6.07) is 5.66. The number of hydrogen-bond donors (Lipinski definition) is 0. The summed E-state index contributed by atoms with van der Waals surface area (Å²) >= 11 is 2.40. The van der Waals surface area contributed by atoms with E-state index in [1.807, 2.05) is 10.6 Å². The molecule has 0 radical (unpaired) electrons. The van der Waals surface area contributed by atoms with Crippen LogP contribution in [0.3, 0.4) is 0 Å². The number of anilines is 1. The molecule has 1 aliphatic carbocycles. The number of methoxy groups -OCH3 is 2. The van der Waals surface area contributed by atoms with E-state index in [0.717, 1.165) is 44.6 Å². The van der Waals surface area contributed by atoms with Crippen molar-refractivity contribution in [2.75, 3.05) is 72.4 Å². The third-order valence-electron chi connectivity index (χ3n) is 9.39. The van der Waals surface area contributed by atoms with E-state index in [0.29, 0.717) is 76.9 Å². The van der Waals surface area contributed by atoms with Crippen LogP contribution in [0.1, 0.15) is 47.8 Å². The highest BCUT2D eigenvalue weighted by atomic mass is 127. The van der Waals surface area contributed by atoms with Gasteiger partial charge < -0.3 is 33.3 Å². The average molecular weight is 884 g/mol. The summed E-state index contributed by atoms with van der Waals surface area (Å²) < 4.78 is 37.6. The predicted molar refractivity (Wildman–Crippen MR) is 219 cm³/mol. The number of halogens is 1. The maximum absolute atomic E-state index is 13.6. The normalized spacial score (nSPS) is 18.1. The molecular weight excluding hydrogens is 826 g/mol. The van der Waals surface area contributed by atoms with Crippen molar-refractivity contribution in [3.05, 3.63) is 39.5 Å². The number of nitrogens with zero attached hydrogens (tertiary/aromatic N) is 5. The molecule has 4 rings (SSSR count). The highest BCUT2D eigenvalue weighted by molar-refractivity contribution is 14.1. The van der Waals surface area contributed by atoms with Crippen LogP contribution < -0.4 is 4.90 Å². The van der Waals surface area contributed by atoms with Gasteiger partial charge in [-0.05, 0) is 66.4 Å². The van der Waals surface area contributed by atoms with Crippen molar-refractivity contribution < 1.29 is 38.0 Å².